The fourth-order valence-corrected chi connectivity index (χ4v) is 15.1. The van der Waals surface area contributed by atoms with Crippen molar-refractivity contribution in [1.29, 1.82) is 0 Å². The molecule has 3 aromatic rings. The van der Waals surface area contributed by atoms with Gasteiger partial charge in [-0.2, -0.15) is 0 Å². The lowest BCUT2D eigenvalue weighted by molar-refractivity contribution is -0.222. The van der Waals surface area contributed by atoms with Gasteiger partial charge in [-0.1, -0.05) is 63.9 Å². The van der Waals surface area contributed by atoms with Gasteiger partial charge in [-0.3, -0.25) is 9.59 Å². The number of aromatic nitrogens is 2. The number of hydrogen-bond donors (Lipinski definition) is 4. The van der Waals surface area contributed by atoms with Crippen LogP contribution in [0.1, 0.15) is 128 Å². The van der Waals surface area contributed by atoms with Crippen molar-refractivity contribution >= 4 is 22.6 Å². The van der Waals surface area contributed by atoms with E-state index in [2.05, 4.69) is 93.9 Å². The number of aryl methyl sites for hydroxylation is 3. The third kappa shape index (κ3) is 5.66. The Hall–Kier alpha value is -3.04. The van der Waals surface area contributed by atoms with E-state index in [4.69, 9.17) is 4.74 Å². The lowest BCUT2D eigenvalue weighted by Gasteiger charge is -2.70. The molecule has 4 fully saturated rings. The number of rotatable bonds is 8. The molecule has 6 aliphatic rings. The Bertz CT molecular complexity index is 2210. The van der Waals surface area contributed by atoms with E-state index in [-0.39, 0.29) is 46.1 Å². The molecule has 0 bridgehead atoms. The van der Waals surface area contributed by atoms with Crippen LogP contribution in [-0.2, 0) is 33.7 Å². The molecule has 4 N–H and O–H groups in total. The van der Waals surface area contributed by atoms with Crippen molar-refractivity contribution < 1.29 is 24.5 Å². The first-order valence-electron chi connectivity index (χ1n) is 22.5. The van der Waals surface area contributed by atoms with Crippen LogP contribution in [0, 0.1) is 58.7 Å². The van der Waals surface area contributed by atoms with Gasteiger partial charge < -0.3 is 29.8 Å². The molecular formula is C50H69N3O5. The molecule has 11 atom stereocenters. The lowest BCUT2D eigenvalue weighted by Crippen LogP contribution is -2.68. The topological polar surface area (TPSA) is 120 Å². The van der Waals surface area contributed by atoms with Gasteiger partial charge in [0.05, 0.1) is 28.8 Å². The number of allylic oxidation sites excluding steroid dienone is 1. The summed E-state index contributed by atoms with van der Waals surface area (Å²) in [5.41, 5.74) is 8.00. The van der Waals surface area contributed by atoms with Gasteiger partial charge in [0.1, 0.15) is 11.9 Å². The van der Waals surface area contributed by atoms with E-state index in [1.165, 1.54) is 33.3 Å². The fourth-order valence-electron chi connectivity index (χ4n) is 15.1. The third-order valence-electron chi connectivity index (χ3n) is 17.9. The zero-order chi connectivity index (χ0) is 41.5. The summed E-state index contributed by atoms with van der Waals surface area (Å²) in [4.78, 5) is 32.9. The summed E-state index contributed by atoms with van der Waals surface area (Å²) in [6.07, 6.45) is 9.78. The van der Waals surface area contributed by atoms with Crippen LogP contribution >= 0.6 is 0 Å². The van der Waals surface area contributed by atoms with Crippen LogP contribution in [0.25, 0.3) is 11.0 Å². The van der Waals surface area contributed by atoms with Crippen molar-refractivity contribution in [2.24, 2.45) is 44.8 Å². The van der Waals surface area contributed by atoms with E-state index in [0.717, 1.165) is 61.7 Å². The number of benzene rings is 1. The van der Waals surface area contributed by atoms with Crippen LogP contribution in [0.5, 0.6) is 0 Å². The standard InChI is InChI=1S/C50H69N3O5/c1-28-19-29(2)21-30(20-28)22-32-26-53-27-33-38-39(46(5,23-35(55)44-45(3,4)58-44)14-11-31-25-52-40(32)41(31)53)34(54)24-50(38,9)49(8)16-12-36-47(6,17-18-51-10)37(56)13-15-48(36,7)43(49)42(33)57/h19-21,25-26,33,35-36,42-44,51-52,55,57H,11-18,22-24,27H2,1-10H3. The molecule has 4 heterocycles. The summed E-state index contributed by atoms with van der Waals surface area (Å²) in [7, 11) is 1.97. The van der Waals surface area contributed by atoms with Crippen LogP contribution < -0.4 is 5.32 Å². The van der Waals surface area contributed by atoms with Crippen molar-refractivity contribution in [2.45, 2.75) is 157 Å². The zero-order valence-electron chi connectivity index (χ0n) is 36.9. The largest absolute Gasteiger partial charge is 0.392 e. The lowest BCUT2D eigenvalue weighted by atomic mass is 9.34. The smallest absolute Gasteiger partial charge is 0.160 e. The second-order valence-electron chi connectivity index (χ2n) is 22.0. The average molecular weight is 792 g/mol. The Morgan fingerprint density at radius 2 is 1.71 bits per heavy atom. The molecule has 0 radical (unpaired) electrons. The zero-order valence-corrected chi connectivity index (χ0v) is 36.9. The summed E-state index contributed by atoms with van der Waals surface area (Å²) in [6.45, 7) is 21.3. The van der Waals surface area contributed by atoms with Crippen LogP contribution in [-0.4, -0.2) is 68.8 Å². The van der Waals surface area contributed by atoms with Crippen molar-refractivity contribution in [1.82, 2.24) is 14.9 Å². The Labute approximate surface area is 346 Å². The molecule has 58 heavy (non-hydrogen) atoms. The van der Waals surface area contributed by atoms with Gasteiger partial charge >= 0.3 is 0 Å². The number of aliphatic hydroxyl groups is 2. The van der Waals surface area contributed by atoms with Crippen LogP contribution in [0.15, 0.2) is 41.7 Å². The number of Topliss-reactive ketones (excluding diaryl/α,β-unsaturated/α-hetero) is 2. The van der Waals surface area contributed by atoms with E-state index in [0.29, 0.717) is 38.0 Å². The minimum absolute atomic E-state index is 0.0985. The first kappa shape index (κ1) is 40.4. The molecule has 0 spiro atoms. The van der Waals surface area contributed by atoms with Crippen molar-refractivity contribution in [2.75, 3.05) is 13.6 Å². The van der Waals surface area contributed by atoms with Gasteiger partial charge in [-0.05, 0) is 137 Å². The molecule has 2 aromatic heterocycles. The van der Waals surface area contributed by atoms with Crippen LogP contribution in [0.2, 0.25) is 0 Å². The van der Waals surface area contributed by atoms with Gasteiger partial charge in [0.15, 0.2) is 5.78 Å². The number of epoxide rings is 1. The highest BCUT2D eigenvalue weighted by atomic mass is 16.6. The van der Waals surface area contributed by atoms with E-state index >= 15 is 4.79 Å². The second kappa shape index (κ2) is 13.2. The van der Waals surface area contributed by atoms with Gasteiger partial charge in [-0.25, -0.2) is 0 Å². The first-order chi connectivity index (χ1) is 27.2. The Morgan fingerprint density at radius 3 is 2.38 bits per heavy atom. The molecule has 9 rings (SSSR count). The molecule has 11 unspecified atom stereocenters. The number of aliphatic hydroxyl groups excluding tert-OH is 2. The van der Waals surface area contributed by atoms with Gasteiger partial charge in [-0.15, -0.1) is 0 Å². The Balaban J connectivity index is 1.23. The van der Waals surface area contributed by atoms with Crippen molar-refractivity contribution in [3.05, 3.63) is 69.6 Å². The molecule has 0 amide bonds. The highest BCUT2D eigenvalue weighted by Crippen LogP contribution is 2.76. The number of ether oxygens (including phenoxy) is 1. The molecule has 1 aromatic carbocycles. The Kier molecular flexibility index (Phi) is 9.21. The highest BCUT2D eigenvalue weighted by molar-refractivity contribution is 6.02. The van der Waals surface area contributed by atoms with Crippen molar-refractivity contribution in [3.8, 4) is 0 Å². The number of carbonyl (C=O) groups is 2. The number of fused-ring (bicyclic) bond motifs is 4. The monoisotopic (exact) mass is 792 g/mol. The van der Waals surface area contributed by atoms with Gasteiger partial charge in [0, 0.05) is 60.5 Å². The maximum absolute atomic E-state index is 15.2. The molecule has 8 nitrogen and oxygen atoms in total. The summed E-state index contributed by atoms with van der Waals surface area (Å²) in [6, 6.07) is 6.79. The number of H-pyrrole nitrogens is 1. The summed E-state index contributed by atoms with van der Waals surface area (Å²) >= 11 is 0. The quantitative estimate of drug-likeness (QED) is 0.171. The SMILES string of the molecule is CNCCC1(C)C(=O)CCC2(C)C1CCC1(C)C2C(O)C2Cn3cc(Cc4cc(C)cc(C)c4)c4[nH]cc(c43)CCC(C)(CC(O)C3OC3(C)C)C3=C2C1(C)CC3=O. The number of carbonyl (C=O) groups excluding carboxylic acids is 2. The Morgan fingerprint density at radius 1 is 1.00 bits per heavy atom. The first-order valence-corrected chi connectivity index (χ1v) is 22.5. The van der Waals surface area contributed by atoms with Crippen LogP contribution in [0.4, 0.5) is 0 Å². The second-order valence-corrected chi connectivity index (χ2v) is 22.0. The number of aromatic amines is 1. The average Bonchev–Trinajstić information content (AvgIpc) is 3.39. The third-order valence-corrected chi connectivity index (χ3v) is 17.9. The highest BCUT2D eigenvalue weighted by Gasteiger charge is 2.73. The normalized spacial score (nSPS) is 39.7. The summed E-state index contributed by atoms with van der Waals surface area (Å²) < 4.78 is 8.44. The molecule has 1 saturated heterocycles. The number of nitrogens with one attached hydrogen (secondary N) is 2. The van der Waals surface area contributed by atoms with E-state index < -0.39 is 28.5 Å². The molecule has 314 valence electrons. The molecule has 8 heteroatoms. The molecule has 4 aliphatic carbocycles. The fraction of sp³-hybridized carbons (Fsp3) is 0.680. The summed E-state index contributed by atoms with van der Waals surface area (Å²) in [5.74, 6) is 0.297. The number of hydrogen-bond acceptors (Lipinski definition) is 6. The van der Waals surface area contributed by atoms with E-state index in [9.17, 15) is 15.0 Å². The number of nitrogens with zero attached hydrogens (tertiary/aromatic N) is 1. The minimum atomic E-state index is -0.717. The predicted octanol–water partition coefficient (Wildman–Crippen LogP) is 8.34. The molecule has 2 aliphatic heterocycles. The van der Waals surface area contributed by atoms with E-state index in [1.807, 2.05) is 20.9 Å². The molecule has 3 saturated carbocycles. The van der Waals surface area contributed by atoms with Gasteiger partial charge in [0.25, 0.3) is 0 Å². The van der Waals surface area contributed by atoms with Crippen LogP contribution in [0.3, 0.4) is 0 Å². The maximum atomic E-state index is 15.2. The maximum Gasteiger partial charge on any atom is 0.160 e. The van der Waals surface area contributed by atoms with Gasteiger partial charge in [0.2, 0.25) is 0 Å². The molecular weight excluding hydrogens is 723 g/mol. The minimum Gasteiger partial charge on any atom is -0.392 e. The number of ketones is 2. The summed E-state index contributed by atoms with van der Waals surface area (Å²) in [5, 5.41) is 28.8. The van der Waals surface area contributed by atoms with E-state index in [1.54, 1.807) is 0 Å². The predicted molar refractivity (Wildman–Crippen MR) is 229 cm³/mol. The van der Waals surface area contributed by atoms with Crippen molar-refractivity contribution in [3.63, 3.8) is 0 Å².